The van der Waals surface area contributed by atoms with Crippen molar-refractivity contribution in [1.29, 1.82) is 5.26 Å². The van der Waals surface area contributed by atoms with E-state index in [2.05, 4.69) is 24.1 Å². The van der Waals surface area contributed by atoms with E-state index in [4.69, 9.17) is 5.26 Å². The Labute approximate surface area is 116 Å². The zero-order valence-electron chi connectivity index (χ0n) is 12.7. The predicted octanol–water partition coefficient (Wildman–Crippen LogP) is 2.29. The highest BCUT2D eigenvalue weighted by atomic mass is 16.1. The second-order valence-corrected chi connectivity index (χ2v) is 6.76. The molecule has 0 aromatic heterocycles. The Bertz CT molecular complexity index is 391. The molecule has 0 aromatic rings. The van der Waals surface area contributed by atoms with Crippen LogP contribution < -0.4 is 5.32 Å². The monoisotopic (exact) mass is 263 g/mol. The standard InChI is InChI=1S/C15H25N3O/c1-11-6-12(2)9-18(8-11)10-13(7-16)14(19)17-15(3,4)5/h10-12H,6,8-9H2,1-5H3,(H,17,19)/b13-10-. The number of likely N-dealkylation sites (tertiary alicyclic amines) is 1. The van der Waals surface area contributed by atoms with Gasteiger partial charge >= 0.3 is 0 Å². The molecule has 0 spiro atoms. The van der Waals surface area contributed by atoms with E-state index in [0.29, 0.717) is 11.8 Å². The molecule has 1 aliphatic heterocycles. The molecule has 0 saturated carbocycles. The van der Waals surface area contributed by atoms with Gasteiger partial charge in [-0.05, 0) is 39.0 Å². The van der Waals surface area contributed by atoms with Crippen molar-refractivity contribution in [3.05, 3.63) is 11.8 Å². The highest BCUT2D eigenvalue weighted by Gasteiger charge is 2.22. The minimum Gasteiger partial charge on any atom is -0.376 e. The van der Waals surface area contributed by atoms with Crippen LogP contribution in [0.4, 0.5) is 0 Å². The maximum Gasteiger partial charge on any atom is 0.263 e. The average molecular weight is 263 g/mol. The molecule has 106 valence electrons. The number of piperidine rings is 1. The van der Waals surface area contributed by atoms with Gasteiger partial charge in [0.15, 0.2) is 0 Å². The molecular formula is C15H25N3O. The highest BCUT2D eigenvalue weighted by molar-refractivity contribution is 5.97. The molecule has 0 bridgehead atoms. The fraction of sp³-hybridized carbons (Fsp3) is 0.733. The quantitative estimate of drug-likeness (QED) is 0.614. The lowest BCUT2D eigenvalue weighted by Gasteiger charge is -2.34. The van der Waals surface area contributed by atoms with E-state index in [1.165, 1.54) is 6.42 Å². The smallest absolute Gasteiger partial charge is 0.263 e. The summed E-state index contributed by atoms with van der Waals surface area (Å²) in [6.45, 7) is 12.0. The van der Waals surface area contributed by atoms with Crippen LogP contribution in [0.25, 0.3) is 0 Å². The van der Waals surface area contributed by atoms with Crippen molar-refractivity contribution >= 4 is 5.91 Å². The molecule has 1 fully saturated rings. The Kier molecular flexibility index (Phi) is 4.99. The van der Waals surface area contributed by atoms with Crippen molar-refractivity contribution in [2.45, 2.75) is 46.6 Å². The maximum absolute atomic E-state index is 12.0. The van der Waals surface area contributed by atoms with E-state index in [9.17, 15) is 4.79 Å². The van der Waals surface area contributed by atoms with Crippen LogP contribution in [0.2, 0.25) is 0 Å². The van der Waals surface area contributed by atoms with Gasteiger partial charge in [-0.3, -0.25) is 4.79 Å². The molecule has 1 rings (SSSR count). The molecule has 1 heterocycles. The third-order valence-electron chi connectivity index (χ3n) is 3.06. The summed E-state index contributed by atoms with van der Waals surface area (Å²) in [7, 11) is 0. The normalized spacial score (nSPS) is 24.8. The number of carbonyl (C=O) groups is 1. The molecule has 0 radical (unpaired) electrons. The SMILES string of the molecule is CC1CC(C)CN(/C=C(/C#N)C(=O)NC(C)(C)C)C1. The second kappa shape index (κ2) is 6.10. The summed E-state index contributed by atoms with van der Waals surface area (Å²) in [4.78, 5) is 14.1. The molecule has 4 heteroatoms. The summed E-state index contributed by atoms with van der Waals surface area (Å²) in [5.41, 5.74) is -0.133. The summed E-state index contributed by atoms with van der Waals surface area (Å²) in [6, 6.07) is 2.01. The van der Waals surface area contributed by atoms with Gasteiger partial charge in [0.05, 0.1) is 0 Å². The van der Waals surface area contributed by atoms with Crippen LogP contribution in [0.1, 0.15) is 41.0 Å². The van der Waals surface area contributed by atoms with Crippen molar-refractivity contribution in [2.24, 2.45) is 11.8 Å². The lowest BCUT2D eigenvalue weighted by molar-refractivity contribution is -0.118. The summed E-state index contributed by atoms with van der Waals surface area (Å²) in [5.74, 6) is 0.914. The van der Waals surface area contributed by atoms with Crippen molar-refractivity contribution < 1.29 is 4.79 Å². The molecule has 0 aromatic carbocycles. The Morgan fingerprint density at radius 1 is 1.32 bits per heavy atom. The summed E-state index contributed by atoms with van der Waals surface area (Å²) in [5, 5.41) is 12.0. The lowest BCUT2D eigenvalue weighted by Crippen LogP contribution is -2.42. The van der Waals surface area contributed by atoms with Gasteiger partial charge in [-0.2, -0.15) is 5.26 Å². The number of nitrogens with zero attached hydrogens (tertiary/aromatic N) is 2. The van der Waals surface area contributed by atoms with E-state index < -0.39 is 0 Å². The summed E-state index contributed by atoms with van der Waals surface area (Å²) in [6.07, 6.45) is 2.92. The van der Waals surface area contributed by atoms with Crippen LogP contribution in [0.15, 0.2) is 11.8 Å². The van der Waals surface area contributed by atoms with Crippen LogP contribution in [0.3, 0.4) is 0 Å². The molecule has 1 amide bonds. The molecule has 1 N–H and O–H groups in total. The molecule has 19 heavy (non-hydrogen) atoms. The molecule has 1 saturated heterocycles. The van der Waals surface area contributed by atoms with Crippen molar-refractivity contribution in [3.63, 3.8) is 0 Å². The van der Waals surface area contributed by atoms with Crippen LogP contribution in [0, 0.1) is 23.2 Å². The number of hydrogen-bond donors (Lipinski definition) is 1. The average Bonchev–Trinajstić information content (AvgIpc) is 2.21. The lowest BCUT2D eigenvalue weighted by atomic mass is 9.92. The fourth-order valence-electron chi connectivity index (χ4n) is 2.55. The number of nitrogens with one attached hydrogen (secondary N) is 1. The number of amides is 1. The maximum atomic E-state index is 12.0. The highest BCUT2D eigenvalue weighted by Crippen LogP contribution is 2.21. The van der Waals surface area contributed by atoms with Gasteiger partial charge < -0.3 is 10.2 Å². The van der Waals surface area contributed by atoms with Gasteiger partial charge in [0.2, 0.25) is 0 Å². The van der Waals surface area contributed by atoms with Gasteiger partial charge in [0.1, 0.15) is 11.6 Å². The van der Waals surface area contributed by atoms with E-state index in [1.54, 1.807) is 6.20 Å². The van der Waals surface area contributed by atoms with Gasteiger partial charge in [0, 0.05) is 24.8 Å². The van der Waals surface area contributed by atoms with Crippen LogP contribution in [-0.2, 0) is 4.79 Å². The minimum absolute atomic E-state index is 0.191. The van der Waals surface area contributed by atoms with Gasteiger partial charge in [0.25, 0.3) is 5.91 Å². The summed E-state index contributed by atoms with van der Waals surface area (Å²) >= 11 is 0. The molecule has 4 nitrogen and oxygen atoms in total. The van der Waals surface area contributed by atoms with E-state index >= 15 is 0 Å². The number of rotatable bonds is 2. The van der Waals surface area contributed by atoms with Crippen molar-refractivity contribution in [3.8, 4) is 6.07 Å². The van der Waals surface area contributed by atoms with Crippen LogP contribution in [0.5, 0.6) is 0 Å². The van der Waals surface area contributed by atoms with Crippen molar-refractivity contribution in [2.75, 3.05) is 13.1 Å². The Morgan fingerprint density at radius 2 is 1.84 bits per heavy atom. The van der Waals surface area contributed by atoms with E-state index in [-0.39, 0.29) is 17.0 Å². The molecule has 2 atom stereocenters. The first-order chi connectivity index (χ1) is 8.71. The Hall–Kier alpha value is -1.50. The molecular weight excluding hydrogens is 238 g/mol. The molecule has 1 aliphatic rings. The number of hydrogen-bond acceptors (Lipinski definition) is 3. The van der Waals surface area contributed by atoms with Crippen molar-refractivity contribution in [1.82, 2.24) is 10.2 Å². The predicted molar refractivity (Wildman–Crippen MR) is 76.1 cm³/mol. The zero-order chi connectivity index (χ0) is 14.6. The molecule has 0 aliphatic carbocycles. The second-order valence-electron chi connectivity index (χ2n) is 6.76. The Morgan fingerprint density at radius 3 is 2.26 bits per heavy atom. The zero-order valence-corrected chi connectivity index (χ0v) is 12.7. The van der Waals surface area contributed by atoms with Crippen LogP contribution >= 0.6 is 0 Å². The molecule has 2 unspecified atom stereocenters. The number of nitriles is 1. The third-order valence-corrected chi connectivity index (χ3v) is 3.06. The first-order valence-electron chi connectivity index (χ1n) is 6.89. The largest absolute Gasteiger partial charge is 0.376 e. The summed E-state index contributed by atoms with van der Waals surface area (Å²) < 4.78 is 0. The van der Waals surface area contributed by atoms with E-state index in [1.807, 2.05) is 26.8 Å². The van der Waals surface area contributed by atoms with Crippen LogP contribution in [-0.4, -0.2) is 29.4 Å². The first-order valence-corrected chi connectivity index (χ1v) is 6.89. The van der Waals surface area contributed by atoms with E-state index in [0.717, 1.165) is 13.1 Å². The first kappa shape index (κ1) is 15.6. The number of carbonyl (C=O) groups excluding carboxylic acids is 1. The van der Waals surface area contributed by atoms with Gasteiger partial charge in [-0.15, -0.1) is 0 Å². The minimum atomic E-state index is -0.324. The third kappa shape index (κ3) is 5.34. The topological polar surface area (TPSA) is 56.1 Å². The fourth-order valence-corrected chi connectivity index (χ4v) is 2.55. The van der Waals surface area contributed by atoms with Gasteiger partial charge in [-0.1, -0.05) is 13.8 Å². The van der Waals surface area contributed by atoms with Gasteiger partial charge in [-0.25, -0.2) is 0 Å². The Balaban J connectivity index is 2.76.